The molecule has 15 heavy (non-hydrogen) atoms. The summed E-state index contributed by atoms with van der Waals surface area (Å²) in [6.45, 7) is 4.61. The highest BCUT2D eigenvalue weighted by molar-refractivity contribution is 7.19. The molecule has 0 unspecified atom stereocenters. The first kappa shape index (κ1) is 9.37. The molecule has 2 aromatic rings. The Morgan fingerprint density at radius 2 is 2.07 bits per heavy atom. The van der Waals surface area contributed by atoms with Crippen LogP contribution in [0.3, 0.4) is 0 Å². The molecular formula is C13H15NS. The van der Waals surface area contributed by atoms with Gasteiger partial charge < -0.3 is 5.73 Å². The average molecular weight is 217 g/mol. The van der Waals surface area contributed by atoms with E-state index in [1.807, 2.05) is 11.3 Å². The minimum absolute atomic E-state index is 0.243. The lowest BCUT2D eigenvalue weighted by molar-refractivity contribution is 0.484. The average Bonchev–Trinajstić information content (AvgIpc) is 2.64. The minimum atomic E-state index is 0.243. The fourth-order valence-electron chi connectivity index (χ4n) is 2.77. The van der Waals surface area contributed by atoms with Crippen molar-refractivity contribution in [1.29, 1.82) is 0 Å². The monoisotopic (exact) mass is 217 g/mol. The molecule has 1 aromatic heterocycles. The molecule has 0 saturated heterocycles. The number of benzene rings is 1. The molecule has 1 atom stereocenters. The molecule has 1 heterocycles. The first-order valence-electron chi connectivity index (χ1n) is 5.37. The van der Waals surface area contributed by atoms with E-state index in [2.05, 4.69) is 38.1 Å². The third-order valence-corrected chi connectivity index (χ3v) is 4.67. The van der Waals surface area contributed by atoms with E-state index in [0.717, 1.165) is 6.42 Å². The third kappa shape index (κ3) is 1.18. The van der Waals surface area contributed by atoms with E-state index >= 15 is 0 Å². The molecule has 1 aromatic carbocycles. The van der Waals surface area contributed by atoms with Crippen LogP contribution in [0.4, 0.5) is 0 Å². The summed E-state index contributed by atoms with van der Waals surface area (Å²) in [5.74, 6) is 0. The van der Waals surface area contributed by atoms with Crippen molar-refractivity contribution in [3.8, 4) is 0 Å². The topological polar surface area (TPSA) is 26.0 Å². The number of rotatable bonds is 0. The zero-order chi connectivity index (χ0) is 10.6. The Morgan fingerprint density at radius 1 is 1.33 bits per heavy atom. The van der Waals surface area contributed by atoms with Gasteiger partial charge in [-0.05, 0) is 28.9 Å². The zero-order valence-corrected chi connectivity index (χ0v) is 9.90. The highest BCUT2D eigenvalue weighted by atomic mass is 32.1. The summed E-state index contributed by atoms with van der Waals surface area (Å²) in [5.41, 5.74) is 7.94. The van der Waals surface area contributed by atoms with Gasteiger partial charge in [0.2, 0.25) is 0 Å². The molecule has 0 amide bonds. The molecule has 2 N–H and O–H groups in total. The minimum Gasteiger partial charge on any atom is -0.323 e. The van der Waals surface area contributed by atoms with E-state index in [1.165, 1.54) is 20.5 Å². The normalized spacial score (nSPS) is 23.3. The lowest BCUT2D eigenvalue weighted by Crippen LogP contribution is -2.14. The maximum absolute atomic E-state index is 6.20. The van der Waals surface area contributed by atoms with Crippen molar-refractivity contribution < 1.29 is 0 Å². The Labute approximate surface area is 93.9 Å². The van der Waals surface area contributed by atoms with Crippen molar-refractivity contribution in [2.45, 2.75) is 31.7 Å². The molecular weight excluding hydrogens is 202 g/mol. The molecule has 0 spiro atoms. The van der Waals surface area contributed by atoms with Gasteiger partial charge in [0.1, 0.15) is 0 Å². The van der Waals surface area contributed by atoms with Crippen LogP contribution < -0.4 is 5.73 Å². The fraction of sp³-hybridized carbons (Fsp3) is 0.385. The SMILES string of the molecule is CC1(C)C[C@H](N)c2sc3ccccc3c21. The number of nitrogens with two attached hydrogens (primary N) is 1. The lowest BCUT2D eigenvalue weighted by atomic mass is 9.85. The lowest BCUT2D eigenvalue weighted by Gasteiger charge is -2.18. The molecule has 0 aliphatic heterocycles. The van der Waals surface area contributed by atoms with Crippen LogP contribution >= 0.6 is 11.3 Å². The molecule has 0 bridgehead atoms. The van der Waals surface area contributed by atoms with E-state index < -0.39 is 0 Å². The van der Waals surface area contributed by atoms with Gasteiger partial charge in [-0.1, -0.05) is 32.0 Å². The Balaban J connectivity index is 2.40. The first-order valence-corrected chi connectivity index (χ1v) is 6.19. The number of hydrogen-bond donors (Lipinski definition) is 1. The summed E-state index contributed by atoms with van der Waals surface area (Å²) in [5, 5.41) is 1.41. The number of fused-ring (bicyclic) bond motifs is 3. The van der Waals surface area contributed by atoms with E-state index in [0.29, 0.717) is 0 Å². The van der Waals surface area contributed by atoms with Gasteiger partial charge in [-0.25, -0.2) is 0 Å². The molecule has 0 saturated carbocycles. The fourth-order valence-corrected chi connectivity index (χ4v) is 4.15. The Bertz CT molecular complexity index is 524. The van der Waals surface area contributed by atoms with Crippen LogP contribution in [-0.2, 0) is 5.41 Å². The van der Waals surface area contributed by atoms with Crippen LogP contribution in [0.25, 0.3) is 10.1 Å². The Kier molecular flexibility index (Phi) is 1.77. The molecule has 1 aliphatic carbocycles. The summed E-state index contributed by atoms with van der Waals surface area (Å²) >= 11 is 1.87. The molecule has 3 rings (SSSR count). The maximum atomic E-state index is 6.20. The zero-order valence-electron chi connectivity index (χ0n) is 9.08. The van der Waals surface area contributed by atoms with Gasteiger partial charge in [-0.2, -0.15) is 0 Å². The third-order valence-electron chi connectivity index (χ3n) is 3.37. The maximum Gasteiger partial charge on any atom is 0.0401 e. The highest BCUT2D eigenvalue weighted by Crippen LogP contribution is 2.50. The highest BCUT2D eigenvalue weighted by Gasteiger charge is 2.38. The van der Waals surface area contributed by atoms with Crippen LogP contribution in [-0.4, -0.2) is 0 Å². The van der Waals surface area contributed by atoms with E-state index in [4.69, 9.17) is 5.73 Å². The second kappa shape index (κ2) is 2.83. The summed E-state index contributed by atoms with van der Waals surface area (Å²) in [6.07, 6.45) is 1.08. The van der Waals surface area contributed by atoms with Gasteiger partial charge in [0.15, 0.2) is 0 Å². The van der Waals surface area contributed by atoms with E-state index in [1.54, 1.807) is 0 Å². The van der Waals surface area contributed by atoms with Gasteiger partial charge >= 0.3 is 0 Å². The van der Waals surface area contributed by atoms with Crippen LogP contribution in [0.15, 0.2) is 24.3 Å². The second-order valence-corrected chi connectivity index (χ2v) is 6.12. The predicted octanol–water partition coefficient (Wildman–Crippen LogP) is 3.58. The van der Waals surface area contributed by atoms with Crippen molar-refractivity contribution in [3.63, 3.8) is 0 Å². The van der Waals surface area contributed by atoms with Crippen molar-refractivity contribution in [2.75, 3.05) is 0 Å². The first-order chi connectivity index (χ1) is 7.09. The standard InChI is InChI=1S/C13H15NS/c1-13(2)7-9(14)12-11(13)8-5-3-4-6-10(8)15-12/h3-6,9H,7,14H2,1-2H3/t9-/m0/s1. The van der Waals surface area contributed by atoms with Crippen molar-refractivity contribution >= 4 is 21.4 Å². The Morgan fingerprint density at radius 3 is 2.87 bits per heavy atom. The second-order valence-electron chi connectivity index (χ2n) is 5.03. The smallest absolute Gasteiger partial charge is 0.0401 e. The van der Waals surface area contributed by atoms with Crippen LogP contribution in [0.5, 0.6) is 0 Å². The van der Waals surface area contributed by atoms with Gasteiger partial charge in [0.25, 0.3) is 0 Å². The number of thiophene rings is 1. The van der Waals surface area contributed by atoms with Crippen LogP contribution in [0.2, 0.25) is 0 Å². The largest absolute Gasteiger partial charge is 0.323 e. The van der Waals surface area contributed by atoms with Crippen molar-refractivity contribution in [3.05, 3.63) is 34.7 Å². The molecule has 2 heteroatoms. The quantitative estimate of drug-likeness (QED) is 0.717. The van der Waals surface area contributed by atoms with Gasteiger partial charge in [-0.15, -0.1) is 11.3 Å². The molecule has 0 fully saturated rings. The van der Waals surface area contributed by atoms with Crippen LogP contribution in [0.1, 0.15) is 36.8 Å². The van der Waals surface area contributed by atoms with Gasteiger partial charge in [0.05, 0.1) is 0 Å². The van der Waals surface area contributed by atoms with E-state index in [-0.39, 0.29) is 11.5 Å². The van der Waals surface area contributed by atoms with Gasteiger partial charge in [0, 0.05) is 15.6 Å². The molecule has 1 nitrogen and oxygen atoms in total. The van der Waals surface area contributed by atoms with Gasteiger partial charge in [-0.3, -0.25) is 0 Å². The molecule has 1 aliphatic rings. The molecule has 78 valence electrons. The predicted molar refractivity (Wildman–Crippen MR) is 66.4 cm³/mol. The van der Waals surface area contributed by atoms with Crippen molar-refractivity contribution in [1.82, 2.24) is 0 Å². The molecule has 0 radical (unpaired) electrons. The number of hydrogen-bond acceptors (Lipinski definition) is 2. The summed E-state index contributed by atoms with van der Waals surface area (Å²) < 4.78 is 1.38. The summed E-state index contributed by atoms with van der Waals surface area (Å²) in [7, 11) is 0. The Hall–Kier alpha value is -0.860. The summed E-state index contributed by atoms with van der Waals surface area (Å²) in [4.78, 5) is 1.40. The summed E-state index contributed by atoms with van der Waals surface area (Å²) in [6, 6.07) is 8.89. The van der Waals surface area contributed by atoms with Crippen molar-refractivity contribution in [2.24, 2.45) is 5.73 Å². The van der Waals surface area contributed by atoms with Crippen LogP contribution in [0, 0.1) is 0 Å². The van der Waals surface area contributed by atoms with E-state index in [9.17, 15) is 0 Å².